The number of amides is 2. The third-order valence-corrected chi connectivity index (χ3v) is 6.20. The SMILES string of the molecule is O=C(CC1CCCC1)NC(=S)N1CCNC(=O)C1CC(=O)OCCCc1ccccc1. The molecule has 0 bridgehead atoms. The summed E-state index contributed by atoms with van der Waals surface area (Å²) >= 11 is 5.40. The summed E-state index contributed by atoms with van der Waals surface area (Å²) in [4.78, 5) is 38.7. The van der Waals surface area contributed by atoms with Crippen molar-refractivity contribution in [1.82, 2.24) is 15.5 Å². The first-order chi connectivity index (χ1) is 15.0. The van der Waals surface area contributed by atoms with Gasteiger partial charge < -0.3 is 20.3 Å². The van der Waals surface area contributed by atoms with Crippen molar-refractivity contribution in [1.29, 1.82) is 0 Å². The lowest BCUT2D eigenvalue weighted by molar-refractivity contribution is -0.147. The van der Waals surface area contributed by atoms with Crippen LogP contribution in [-0.4, -0.2) is 53.5 Å². The zero-order valence-corrected chi connectivity index (χ0v) is 18.6. The van der Waals surface area contributed by atoms with Crippen LogP contribution in [0.15, 0.2) is 30.3 Å². The predicted octanol–water partition coefficient (Wildman–Crippen LogP) is 2.33. The molecule has 1 unspecified atom stereocenters. The maximum absolute atomic E-state index is 12.4. The molecule has 1 aliphatic carbocycles. The Balaban J connectivity index is 1.45. The lowest BCUT2D eigenvalue weighted by Crippen LogP contribution is -2.60. The topological polar surface area (TPSA) is 87.7 Å². The van der Waals surface area contributed by atoms with Gasteiger partial charge in [-0.3, -0.25) is 14.4 Å². The molecule has 2 amide bonds. The lowest BCUT2D eigenvalue weighted by Gasteiger charge is -2.36. The third-order valence-electron chi connectivity index (χ3n) is 5.86. The zero-order valence-electron chi connectivity index (χ0n) is 17.8. The van der Waals surface area contributed by atoms with Gasteiger partial charge in [0.2, 0.25) is 11.8 Å². The van der Waals surface area contributed by atoms with Crippen molar-refractivity contribution in [2.45, 2.75) is 57.4 Å². The number of benzene rings is 1. The highest BCUT2D eigenvalue weighted by Crippen LogP contribution is 2.27. The first-order valence-corrected chi connectivity index (χ1v) is 11.5. The van der Waals surface area contributed by atoms with E-state index in [1.165, 1.54) is 18.4 Å². The van der Waals surface area contributed by atoms with E-state index in [0.717, 1.165) is 19.3 Å². The van der Waals surface area contributed by atoms with E-state index in [0.29, 0.717) is 38.5 Å². The summed E-state index contributed by atoms with van der Waals surface area (Å²) in [6, 6.07) is 9.23. The summed E-state index contributed by atoms with van der Waals surface area (Å²) in [6.07, 6.45) is 6.38. The number of hydrogen-bond acceptors (Lipinski definition) is 5. The van der Waals surface area contributed by atoms with Crippen molar-refractivity contribution in [2.24, 2.45) is 5.92 Å². The molecule has 0 radical (unpaired) electrons. The Labute approximate surface area is 188 Å². The molecule has 7 nitrogen and oxygen atoms in total. The molecule has 1 aromatic carbocycles. The molecule has 1 aliphatic heterocycles. The normalized spacial score (nSPS) is 19.0. The first-order valence-electron chi connectivity index (χ1n) is 11.1. The summed E-state index contributed by atoms with van der Waals surface area (Å²) in [7, 11) is 0. The van der Waals surface area contributed by atoms with Gasteiger partial charge in [0.25, 0.3) is 0 Å². The van der Waals surface area contributed by atoms with Crippen molar-refractivity contribution >= 4 is 35.1 Å². The van der Waals surface area contributed by atoms with Crippen molar-refractivity contribution < 1.29 is 19.1 Å². The molecular weight excluding hydrogens is 414 g/mol. The summed E-state index contributed by atoms with van der Waals surface area (Å²) in [5.74, 6) is -0.431. The Morgan fingerprint density at radius 2 is 1.90 bits per heavy atom. The number of ether oxygens (including phenoxy) is 1. The van der Waals surface area contributed by atoms with Crippen molar-refractivity contribution in [2.75, 3.05) is 19.7 Å². The van der Waals surface area contributed by atoms with Crippen LogP contribution in [-0.2, 0) is 25.5 Å². The molecule has 1 saturated heterocycles. The molecule has 3 rings (SSSR count). The van der Waals surface area contributed by atoms with Crippen LogP contribution in [0.3, 0.4) is 0 Å². The van der Waals surface area contributed by atoms with Crippen LogP contribution in [0.1, 0.15) is 50.5 Å². The number of piperazine rings is 1. The molecule has 8 heteroatoms. The highest BCUT2D eigenvalue weighted by atomic mass is 32.1. The number of thiocarbonyl (C=S) groups is 1. The first kappa shape index (κ1) is 23.2. The van der Waals surface area contributed by atoms with E-state index in [-0.39, 0.29) is 23.3 Å². The summed E-state index contributed by atoms with van der Waals surface area (Å²) in [5, 5.41) is 5.73. The zero-order chi connectivity index (χ0) is 22.1. The average molecular weight is 446 g/mol. The van der Waals surface area contributed by atoms with E-state index in [1.54, 1.807) is 4.90 Å². The van der Waals surface area contributed by atoms with Gasteiger partial charge in [0.1, 0.15) is 6.04 Å². The highest BCUT2D eigenvalue weighted by molar-refractivity contribution is 7.80. The smallest absolute Gasteiger partial charge is 0.308 e. The van der Waals surface area contributed by atoms with Crippen LogP contribution in [0.25, 0.3) is 0 Å². The van der Waals surface area contributed by atoms with Crippen LogP contribution < -0.4 is 10.6 Å². The number of nitrogens with zero attached hydrogens (tertiary/aromatic N) is 1. The van der Waals surface area contributed by atoms with Crippen LogP contribution in [0, 0.1) is 5.92 Å². The van der Waals surface area contributed by atoms with E-state index < -0.39 is 12.0 Å². The number of nitrogens with one attached hydrogen (secondary N) is 2. The largest absolute Gasteiger partial charge is 0.466 e. The summed E-state index contributed by atoms with van der Waals surface area (Å²) in [5.41, 5.74) is 1.19. The molecule has 1 heterocycles. The number of carbonyl (C=O) groups is 3. The monoisotopic (exact) mass is 445 g/mol. The van der Waals surface area contributed by atoms with Gasteiger partial charge in [-0.15, -0.1) is 0 Å². The van der Waals surface area contributed by atoms with Crippen molar-refractivity contribution in [3.05, 3.63) is 35.9 Å². The summed E-state index contributed by atoms with van der Waals surface area (Å²) < 4.78 is 5.34. The van der Waals surface area contributed by atoms with Gasteiger partial charge in [0.15, 0.2) is 5.11 Å². The second-order valence-corrected chi connectivity index (χ2v) is 8.61. The van der Waals surface area contributed by atoms with E-state index >= 15 is 0 Å². The van der Waals surface area contributed by atoms with Crippen LogP contribution >= 0.6 is 12.2 Å². The van der Waals surface area contributed by atoms with Gasteiger partial charge in [-0.05, 0) is 49.4 Å². The quantitative estimate of drug-likeness (QED) is 0.363. The fourth-order valence-electron chi connectivity index (χ4n) is 4.20. The number of hydrogen-bond donors (Lipinski definition) is 2. The Bertz CT molecular complexity index is 780. The lowest BCUT2D eigenvalue weighted by atomic mass is 10.0. The van der Waals surface area contributed by atoms with Crippen LogP contribution in [0.4, 0.5) is 0 Å². The molecule has 168 valence electrons. The van der Waals surface area contributed by atoms with Gasteiger partial charge in [-0.1, -0.05) is 43.2 Å². The second-order valence-electron chi connectivity index (χ2n) is 8.22. The van der Waals surface area contributed by atoms with Gasteiger partial charge >= 0.3 is 5.97 Å². The Hall–Kier alpha value is -2.48. The van der Waals surface area contributed by atoms with E-state index in [2.05, 4.69) is 10.6 Å². The second kappa shape index (κ2) is 11.8. The van der Waals surface area contributed by atoms with E-state index in [1.807, 2.05) is 30.3 Å². The van der Waals surface area contributed by atoms with Crippen LogP contribution in [0.2, 0.25) is 0 Å². The average Bonchev–Trinajstić information content (AvgIpc) is 3.26. The molecule has 1 aromatic rings. The predicted molar refractivity (Wildman–Crippen MR) is 121 cm³/mol. The van der Waals surface area contributed by atoms with Gasteiger partial charge in [0, 0.05) is 19.5 Å². The van der Waals surface area contributed by atoms with Gasteiger partial charge in [-0.2, -0.15) is 0 Å². The number of aryl methyl sites for hydroxylation is 1. The van der Waals surface area contributed by atoms with Crippen molar-refractivity contribution in [3.63, 3.8) is 0 Å². The standard InChI is InChI=1S/C23H31N3O4S/c27-20(15-18-9-4-5-10-18)25-23(31)26-13-12-24-22(29)19(26)16-21(28)30-14-6-11-17-7-2-1-3-8-17/h1-3,7-8,18-19H,4-6,9-16H2,(H,24,29)(H,25,27,31). The Morgan fingerprint density at radius 1 is 1.16 bits per heavy atom. The molecular formula is C23H31N3O4S. The van der Waals surface area contributed by atoms with Gasteiger partial charge in [0.05, 0.1) is 13.0 Å². The Morgan fingerprint density at radius 3 is 2.65 bits per heavy atom. The highest BCUT2D eigenvalue weighted by Gasteiger charge is 2.34. The Kier molecular flexibility index (Phi) is 8.82. The fraction of sp³-hybridized carbons (Fsp3) is 0.565. The fourth-order valence-corrected chi connectivity index (χ4v) is 4.54. The van der Waals surface area contributed by atoms with Gasteiger partial charge in [-0.25, -0.2) is 0 Å². The third kappa shape index (κ3) is 7.31. The summed E-state index contributed by atoms with van der Waals surface area (Å²) in [6.45, 7) is 1.16. The molecule has 31 heavy (non-hydrogen) atoms. The number of carbonyl (C=O) groups excluding carboxylic acids is 3. The molecule has 2 fully saturated rings. The maximum Gasteiger partial charge on any atom is 0.308 e. The molecule has 0 aromatic heterocycles. The minimum absolute atomic E-state index is 0.101. The minimum Gasteiger partial charge on any atom is -0.466 e. The van der Waals surface area contributed by atoms with E-state index in [4.69, 9.17) is 17.0 Å². The molecule has 2 aliphatic rings. The van der Waals surface area contributed by atoms with Crippen molar-refractivity contribution in [3.8, 4) is 0 Å². The van der Waals surface area contributed by atoms with Crippen LogP contribution in [0.5, 0.6) is 0 Å². The minimum atomic E-state index is -0.769. The number of esters is 1. The maximum atomic E-state index is 12.4. The molecule has 0 spiro atoms. The number of rotatable bonds is 8. The molecule has 2 N–H and O–H groups in total. The molecule has 1 atom stereocenters. The molecule has 1 saturated carbocycles. The van der Waals surface area contributed by atoms with E-state index in [9.17, 15) is 14.4 Å².